The number of aliphatic hydroxyl groups excluding tert-OH is 2. The van der Waals surface area contributed by atoms with Gasteiger partial charge in [-0.05, 0) is 12.1 Å². The molecule has 0 aliphatic rings. The number of anilines is 2. The lowest BCUT2D eigenvalue weighted by atomic mass is 10.1. The number of fused-ring (bicyclic) bond motifs is 1. The minimum absolute atomic E-state index is 0.00425. The third-order valence-corrected chi connectivity index (χ3v) is 2.96. The van der Waals surface area contributed by atoms with E-state index in [4.69, 9.17) is 20.8 Å². The zero-order chi connectivity index (χ0) is 13.8. The van der Waals surface area contributed by atoms with Crippen molar-refractivity contribution in [1.29, 1.82) is 0 Å². The van der Waals surface area contributed by atoms with E-state index in [9.17, 15) is 0 Å². The zero-order valence-corrected chi connectivity index (χ0v) is 10.8. The van der Waals surface area contributed by atoms with E-state index in [1.54, 1.807) is 12.3 Å². The number of nitrogen functional groups attached to an aromatic ring is 1. The van der Waals surface area contributed by atoms with Crippen molar-refractivity contribution in [3.8, 4) is 0 Å². The quantitative estimate of drug-likeness (QED) is 0.608. The highest BCUT2D eigenvalue weighted by Gasteiger charge is 2.15. The predicted octanol–water partition coefficient (Wildman–Crippen LogP) is -0.532. The average Bonchev–Trinajstić information content (AvgIpc) is 2.84. The average molecular weight is 266 g/mol. The lowest BCUT2D eigenvalue weighted by Gasteiger charge is -2.23. The Labute approximate surface area is 110 Å². The van der Waals surface area contributed by atoms with E-state index in [2.05, 4.69) is 5.10 Å². The third-order valence-electron chi connectivity index (χ3n) is 2.96. The second-order valence-corrected chi connectivity index (χ2v) is 4.07. The van der Waals surface area contributed by atoms with Crippen molar-refractivity contribution in [1.82, 2.24) is 9.94 Å². The van der Waals surface area contributed by atoms with Gasteiger partial charge >= 0.3 is 0 Å². The van der Waals surface area contributed by atoms with Gasteiger partial charge in [-0.2, -0.15) is 0 Å². The Bertz CT molecular complexity index is 549. The van der Waals surface area contributed by atoms with Crippen molar-refractivity contribution < 1.29 is 15.1 Å². The molecule has 1 aromatic heterocycles. The Balaban J connectivity index is 2.53. The van der Waals surface area contributed by atoms with Gasteiger partial charge in [-0.1, -0.05) is 4.85 Å². The van der Waals surface area contributed by atoms with Gasteiger partial charge in [0.25, 0.3) is 0 Å². The molecule has 0 aliphatic carbocycles. The Hall–Kier alpha value is -1.99. The molecule has 2 aromatic rings. The van der Waals surface area contributed by atoms with Crippen LogP contribution in [0.5, 0.6) is 0 Å². The van der Waals surface area contributed by atoms with Crippen LogP contribution in [0.25, 0.3) is 10.9 Å². The molecule has 0 aliphatic heterocycles. The number of aliphatic hydroxyl groups is 2. The molecule has 104 valence electrons. The van der Waals surface area contributed by atoms with Crippen molar-refractivity contribution >= 4 is 22.3 Å². The fraction of sp³-hybridized carbons (Fsp3) is 0.417. The van der Waals surface area contributed by atoms with Gasteiger partial charge in [0.05, 0.1) is 25.1 Å². The number of benzene rings is 1. The largest absolute Gasteiger partial charge is 0.399 e. The van der Waals surface area contributed by atoms with E-state index in [-0.39, 0.29) is 13.2 Å². The summed E-state index contributed by atoms with van der Waals surface area (Å²) in [6.45, 7) is 0.865. The van der Waals surface area contributed by atoms with Crippen LogP contribution in [0.1, 0.15) is 0 Å². The smallest absolute Gasteiger partial charge is 0.135 e. The van der Waals surface area contributed by atoms with Gasteiger partial charge in [0.1, 0.15) is 12.6 Å². The molecule has 0 unspecified atom stereocenters. The monoisotopic (exact) mass is 266 g/mol. The van der Waals surface area contributed by atoms with E-state index in [0.29, 0.717) is 24.3 Å². The van der Waals surface area contributed by atoms with E-state index in [1.807, 2.05) is 11.0 Å². The number of rotatable bonds is 6. The fourth-order valence-electron chi connectivity index (χ4n) is 2.13. The summed E-state index contributed by atoms with van der Waals surface area (Å²) >= 11 is 0. The highest BCUT2D eigenvalue weighted by atomic mass is 16.7. The molecule has 0 fully saturated rings. The molecule has 0 bridgehead atoms. The maximum atomic E-state index is 9.11. The maximum absolute atomic E-state index is 9.11. The fourth-order valence-corrected chi connectivity index (χ4v) is 2.13. The number of aromatic nitrogens is 2. The molecule has 7 nitrogen and oxygen atoms in total. The lowest BCUT2D eigenvalue weighted by molar-refractivity contribution is 0.145. The first kappa shape index (κ1) is 13.4. The molecule has 0 spiro atoms. The summed E-state index contributed by atoms with van der Waals surface area (Å²) in [5.74, 6) is 0. The van der Waals surface area contributed by atoms with Crippen LogP contribution in [0.4, 0.5) is 11.4 Å². The van der Waals surface area contributed by atoms with Gasteiger partial charge in [-0.3, -0.25) is 0 Å². The number of hydrogen-bond donors (Lipinski definition) is 3. The minimum atomic E-state index is 0.00425. The Morgan fingerprint density at radius 2 is 2.00 bits per heavy atom. The number of nitrogens with zero attached hydrogens (tertiary/aromatic N) is 3. The summed E-state index contributed by atoms with van der Waals surface area (Å²) < 4.78 is 0. The summed E-state index contributed by atoms with van der Waals surface area (Å²) in [6.07, 6.45) is 1.66. The molecule has 0 saturated heterocycles. The number of hydrogen-bond acceptors (Lipinski definition) is 6. The molecule has 2 rings (SSSR count). The molecule has 1 heterocycles. The van der Waals surface area contributed by atoms with E-state index >= 15 is 0 Å². The first-order valence-electron chi connectivity index (χ1n) is 6.00. The normalized spacial score (nSPS) is 10.9. The molecule has 0 atom stereocenters. The van der Waals surface area contributed by atoms with Crippen LogP contribution in [0.3, 0.4) is 0 Å². The molecule has 19 heavy (non-hydrogen) atoms. The van der Waals surface area contributed by atoms with Gasteiger partial charge in [-0.25, -0.2) is 0 Å². The van der Waals surface area contributed by atoms with Crippen molar-refractivity contribution in [2.45, 2.75) is 0 Å². The van der Waals surface area contributed by atoms with Crippen LogP contribution in [-0.2, 0) is 0 Å². The summed E-state index contributed by atoms with van der Waals surface area (Å²) in [4.78, 5) is 8.34. The standard InChI is InChI=1S/C12H18N4O3/c1-19-16-12-9(8-14-16)11(3-2-10(12)13)15(4-6-17)5-7-18/h2-3,8,17-18H,4-7,13H2,1H3. The molecule has 0 amide bonds. The Morgan fingerprint density at radius 1 is 1.32 bits per heavy atom. The molecule has 7 heteroatoms. The van der Waals surface area contributed by atoms with Gasteiger partial charge in [0.15, 0.2) is 0 Å². The summed E-state index contributed by atoms with van der Waals surface area (Å²) in [5.41, 5.74) is 8.04. The topological polar surface area (TPSA) is 96.8 Å². The van der Waals surface area contributed by atoms with Crippen molar-refractivity contribution in [2.75, 3.05) is 44.0 Å². The van der Waals surface area contributed by atoms with Crippen LogP contribution in [-0.4, -0.2) is 53.6 Å². The van der Waals surface area contributed by atoms with Crippen LogP contribution >= 0.6 is 0 Å². The van der Waals surface area contributed by atoms with Gasteiger partial charge in [0.2, 0.25) is 0 Å². The maximum Gasteiger partial charge on any atom is 0.135 e. The van der Waals surface area contributed by atoms with E-state index in [0.717, 1.165) is 11.1 Å². The molecule has 0 radical (unpaired) electrons. The molecular weight excluding hydrogens is 248 g/mol. The predicted molar refractivity (Wildman–Crippen MR) is 73.0 cm³/mol. The van der Waals surface area contributed by atoms with Crippen molar-refractivity contribution in [2.24, 2.45) is 0 Å². The molecular formula is C12H18N4O3. The van der Waals surface area contributed by atoms with Crippen LogP contribution < -0.4 is 15.5 Å². The Kier molecular flexibility index (Phi) is 4.08. The first-order valence-corrected chi connectivity index (χ1v) is 6.00. The third kappa shape index (κ3) is 2.42. The van der Waals surface area contributed by atoms with Crippen molar-refractivity contribution in [3.05, 3.63) is 18.3 Å². The van der Waals surface area contributed by atoms with Crippen LogP contribution in [0, 0.1) is 0 Å². The second kappa shape index (κ2) is 5.77. The van der Waals surface area contributed by atoms with Gasteiger partial charge in [-0.15, -0.1) is 5.10 Å². The van der Waals surface area contributed by atoms with Crippen LogP contribution in [0.2, 0.25) is 0 Å². The second-order valence-electron chi connectivity index (χ2n) is 4.07. The lowest BCUT2D eigenvalue weighted by Crippen LogP contribution is -2.29. The molecule has 0 saturated carbocycles. The van der Waals surface area contributed by atoms with E-state index < -0.39 is 0 Å². The summed E-state index contributed by atoms with van der Waals surface area (Å²) in [7, 11) is 1.51. The molecule has 1 aromatic carbocycles. The van der Waals surface area contributed by atoms with E-state index in [1.165, 1.54) is 12.0 Å². The Morgan fingerprint density at radius 3 is 2.58 bits per heavy atom. The first-order chi connectivity index (χ1) is 9.22. The number of nitrogens with two attached hydrogens (primary N) is 1. The minimum Gasteiger partial charge on any atom is -0.399 e. The highest BCUT2D eigenvalue weighted by molar-refractivity contribution is 5.98. The molecule has 4 N–H and O–H groups in total. The SMILES string of the molecule is COn1ncc2c(N(CCO)CCO)ccc(N)c21. The summed E-state index contributed by atoms with van der Waals surface area (Å²) in [6, 6.07) is 3.61. The van der Waals surface area contributed by atoms with Gasteiger partial charge in [0, 0.05) is 24.2 Å². The van der Waals surface area contributed by atoms with Crippen LogP contribution in [0.15, 0.2) is 18.3 Å². The highest BCUT2D eigenvalue weighted by Crippen LogP contribution is 2.30. The van der Waals surface area contributed by atoms with Gasteiger partial charge < -0.3 is 25.7 Å². The summed E-state index contributed by atoms with van der Waals surface area (Å²) in [5, 5.41) is 23.1. The zero-order valence-electron chi connectivity index (χ0n) is 10.8. The van der Waals surface area contributed by atoms with Crippen molar-refractivity contribution in [3.63, 3.8) is 0 Å².